The molecule has 1 aromatic rings. The van der Waals surface area contributed by atoms with Gasteiger partial charge in [0.05, 0.1) is 6.61 Å². The lowest BCUT2D eigenvalue weighted by Crippen LogP contribution is -2.10. The van der Waals surface area contributed by atoms with Crippen molar-refractivity contribution in [3.05, 3.63) is 17.0 Å². The lowest BCUT2D eigenvalue weighted by atomic mass is 10.0. The third-order valence-electron chi connectivity index (χ3n) is 1.96. The molecule has 15 heavy (non-hydrogen) atoms. The van der Waals surface area contributed by atoms with Crippen molar-refractivity contribution in [2.75, 3.05) is 6.61 Å². The molecule has 1 heterocycles. The first kappa shape index (κ1) is 11.7. The number of carbonyl (C=O) groups excluding carboxylic acids is 1. The van der Waals surface area contributed by atoms with Crippen LogP contribution in [0.25, 0.3) is 0 Å². The van der Waals surface area contributed by atoms with E-state index in [9.17, 15) is 4.79 Å². The molecule has 84 valence electrons. The summed E-state index contributed by atoms with van der Waals surface area (Å²) in [7, 11) is 0. The fraction of sp³-hybridized carbons (Fsp3) is 0.600. The van der Waals surface area contributed by atoms with Crippen LogP contribution in [0.3, 0.4) is 0 Å². The third-order valence-corrected chi connectivity index (χ3v) is 1.96. The number of hydrogen-bond acceptors (Lipinski definition) is 5. The monoisotopic (exact) mass is 213 g/mol. The fourth-order valence-corrected chi connectivity index (χ4v) is 1.26. The molecular weight excluding hydrogens is 198 g/mol. The van der Waals surface area contributed by atoms with Crippen molar-refractivity contribution in [2.45, 2.75) is 33.3 Å². The molecule has 0 unspecified atom stereocenters. The molecule has 1 rings (SSSR count). The molecule has 0 saturated carbocycles. The van der Waals surface area contributed by atoms with E-state index in [1.165, 1.54) is 0 Å². The molecule has 0 bridgehead atoms. The van der Waals surface area contributed by atoms with Crippen molar-refractivity contribution < 1.29 is 19.2 Å². The topological polar surface area (TPSA) is 72.6 Å². The zero-order chi connectivity index (χ0) is 11.4. The number of nitrogens with zero attached hydrogens (tertiary/aromatic N) is 1. The molecule has 5 heteroatoms. The van der Waals surface area contributed by atoms with Crippen LogP contribution in [0.2, 0.25) is 0 Å². The van der Waals surface area contributed by atoms with E-state index in [1.54, 1.807) is 6.92 Å². The van der Waals surface area contributed by atoms with Crippen LogP contribution in [0.15, 0.2) is 4.52 Å². The van der Waals surface area contributed by atoms with Crippen molar-refractivity contribution in [1.82, 2.24) is 5.16 Å². The smallest absolute Gasteiger partial charge is 0.343 e. The van der Waals surface area contributed by atoms with Crippen molar-refractivity contribution in [1.29, 1.82) is 0 Å². The Kier molecular flexibility index (Phi) is 3.85. The van der Waals surface area contributed by atoms with E-state index >= 15 is 0 Å². The maximum absolute atomic E-state index is 11.6. The average Bonchev–Trinajstić information content (AvgIpc) is 2.61. The Morgan fingerprint density at radius 1 is 1.60 bits per heavy atom. The highest BCUT2D eigenvalue weighted by Crippen LogP contribution is 2.22. The van der Waals surface area contributed by atoms with Gasteiger partial charge in [-0.25, -0.2) is 4.79 Å². The number of aliphatic hydroxyl groups is 1. The fourth-order valence-electron chi connectivity index (χ4n) is 1.26. The van der Waals surface area contributed by atoms with Gasteiger partial charge in [0.25, 0.3) is 0 Å². The number of hydrogen-bond donors (Lipinski definition) is 1. The molecule has 0 spiro atoms. The van der Waals surface area contributed by atoms with E-state index in [0.29, 0.717) is 5.69 Å². The van der Waals surface area contributed by atoms with Gasteiger partial charge in [-0.05, 0) is 12.8 Å². The zero-order valence-corrected chi connectivity index (χ0v) is 9.11. The largest absolute Gasteiger partial charge is 0.462 e. The quantitative estimate of drug-likeness (QED) is 0.766. The lowest BCUT2D eigenvalue weighted by molar-refractivity contribution is 0.0519. The normalized spacial score (nSPS) is 10.7. The second-order valence-electron chi connectivity index (χ2n) is 3.40. The van der Waals surface area contributed by atoms with Crippen molar-refractivity contribution >= 4 is 5.97 Å². The average molecular weight is 213 g/mol. The molecule has 0 amide bonds. The minimum absolute atomic E-state index is 0.0495. The Labute approximate surface area is 88.0 Å². The van der Waals surface area contributed by atoms with Gasteiger partial charge in [0, 0.05) is 0 Å². The standard InChI is InChI=1S/C10H15NO4/c1-4-14-10(13)8-7(5-12)15-11-9(8)6(2)3/h6,12H,4-5H2,1-3H3. The molecule has 0 radical (unpaired) electrons. The zero-order valence-electron chi connectivity index (χ0n) is 9.11. The Morgan fingerprint density at radius 2 is 2.27 bits per heavy atom. The highest BCUT2D eigenvalue weighted by atomic mass is 16.5. The predicted octanol–water partition coefficient (Wildman–Crippen LogP) is 1.47. The number of esters is 1. The van der Waals surface area contributed by atoms with Crippen LogP contribution < -0.4 is 0 Å². The summed E-state index contributed by atoms with van der Waals surface area (Å²) in [5.74, 6) is -0.280. The van der Waals surface area contributed by atoms with E-state index < -0.39 is 5.97 Å². The molecule has 1 aromatic heterocycles. The molecule has 0 aliphatic heterocycles. The van der Waals surface area contributed by atoms with Gasteiger partial charge in [0.2, 0.25) is 0 Å². The number of ether oxygens (including phenoxy) is 1. The van der Waals surface area contributed by atoms with Crippen LogP contribution in [-0.2, 0) is 11.3 Å². The van der Waals surface area contributed by atoms with Gasteiger partial charge in [-0.3, -0.25) is 0 Å². The van der Waals surface area contributed by atoms with Gasteiger partial charge in [0.1, 0.15) is 17.9 Å². The highest BCUT2D eigenvalue weighted by Gasteiger charge is 2.24. The summed E-state index contributed by atoms with van der Waals surface area (Å²) in [4.78, 5) is 11.6. The number of aliphatic hydroxyl groups excluding tert-OH is 1. The van der Waals surface area contributed by atoms with Crippen molar-refractivity contribution in [3.8, 4) is 0 Å². The molecule has 0 atom stereocenters. The van der Waals surface area contributed by atoms with E-state index in [4.69, 9.17) is 14.4 Å². The minimum atomic E-state index is -0.494. The first-order valence-corrected chi connectivity index (χ1v) is 4.88. The summed E-state index contributed by atoms with van der Waals surface area (Å²) in [5.41, 5.74) is 0.784. The van der Waals surface area contributed by atoms with Gasteiger partial charge in [-0.1, -0.05) is 19.0 Å². The summed E-state index contributed by atoms with van der Waals surface area (Å²) in [6.07, 6.45) is 0. The maximum atomic E-state index is 11.6. The third kappa shape index (κ3) is 2.36. The molecular formula is C10H15NO4. The minimum Gasteiger partial charge on any atom is -0.462 e. The molecule has 0 aliphatic rings. The second kappa shape index (κ2) is 4.93. The van der Waals surface area contributed by atoms with E-state index in [-0.39, 0.29) is 30.5 Å². The summed E-state index contributed by atoms with van der Waals surface area (Å²) in [6, 6.07) is 0. The molecule has 0 saturated heterocycles. The van der Waals surface area contributed by atoms with E-state index in [0.717, 1.165) is 0 Å². The van der Waals surface area contributed by atoms with Gasteiger partial charge in [-0.2, -0.15) is 0 Å². The van der Waals surface area contributed by atoms with Crippen LogP contribution in [0.1, 0.15) is 48.5 Å². The molecule has 1 N–H and O–H groups in total. The van der Waals surface area contributed by atoms with Crippen molar-refractivity contribution in [3.63, 3.8) is 0 Å². The molecule has 0 aliphatic carbocycles. The number of carbonyl (C=O) groups is 1. The van der Waals surface area contributed by atoms with E-state index in [1.807, 2.05) is 13.8 Å². The molecule has 0 fully saturated rings. The van der Waals surface area contributed by atoms with Gasteiger partial charge in [-0.15, -0.1) is 0 Å². The maximum Gasteiger partial charge on any atom is 0.343 e. The first-order valence-electron chi connectivity index (χ1n) is 4.88. The Bertz CT molecular complexity index is 343. The van der Waals surface area contributed by atoms with E-state index in [2.05, 4.69) is 5.16 Å². The lowest BCUT2D eigenvalue weighted by Gasteiger charge is -2.04. The predicted molar refractivity (Wildman–Crippen MR) is 52.5 cm³/mol. The summed E-state index contributed by atoms with van der Waals surface area (Å²) >= 11 is 0. The Morgan fingerprint density at radius 3 is 2.73 bits per heavy atom. The summed E-state index contributed by atoms with van der Waals surface area (Å²) in [6.45, 7) is 5.43. The molecule has 5 nitrogen and oxygen atoms in total. The summed E-state index contributed by atoms with van der Waals surface area (Å²) in [5, 5.41) is 12.7. The van der Waals surface area contributed by atoms with Gasteiger partial charge < -0.3 is 14.4 Å². The SMILES string of the molecule is CCOC(=O)c1c(C(C)C)noc1CO. The number of aromatic nitrogens is 1. The first-order chi connectivity index (χ1) is 7.11. The highest BCUT2D eigenvalue weighted by molar-refractivity contribution is 5.91. The van der Waals surface area contributed by atoms with Gasteiger partial charge >= 0.3 is 5.97 Å². The Hall–Kier alpha value is -1.36. The van der Waals surface area contributed by atoms with Crippen LogP contribution in [0.5, 0.6) is 0 Å². The number of rotatable bonds is 4. The summed E-state index contributed by atoms with van der Waals surface area (Å²) < 4.78 is 9.74. The second-order valence-corrected chi connectivity index (χ2v) is 3.40. The Balaban J connectivity index is 3.10. The van der Waals surface area contributed by atoms with Crippen LogP contribution in [0.4, 0.5) is 0 Å². The van der Waals surface area contributed by atoms with Crippen LogP contribution in [0, 0.1) is 0 Å². The molecule has 0 aromatic carbocycles. The van der Waals surface area contributed by atoms with Gasteiger partial charge in [0.15, 0.2) is 5.76 Å². The van der Waals surface area contributed by atoms with Crippen molar-refractivity contribution in [2.24, 2.45) is 0 Å². The van der Waals surface area contributed by atoms with Crippen LogP contribution in [-0.4, -0.2) is 22.8 Å². The van der Waals surface area contributed by atoms with Crippen LogP contribution >= 0.6 is 0 Å².